The normalized spacial score (nSPS) is 12.8. The van der Waals surface area contributed by atoms with Crippen molar-refractivity contribution in [3.8, 4) is 0 Å². The van der Waals surface area contributed by atoms with Crippen LogP contribution in [0.5, 0.6) is 0 Å². The molecule has 2 aromatic rings. The highest BCUT2D eigenvalue weighted by molar-refractivity contribution is 7.99. The quantitative estimate of drug-likeness (QED) is 0.574. The van der Waals surface area contributed by atoms with E-state index >= 15 is 0 Å². The lowest BCUT2D eigenvalue weighted by Gasteiger charge is -2.16. The molecule has 0 spiro atoms. The number of hydrogen-bond donors (Lipinski definition) is 0. The summed E-state index contributed by atoms with van der Waals surface area (Å²) >= 11 is 1.72. The Morgan fingerprint density at radius 1 is 1.23 bits per heavy atom. The summed E-state index contributed by atoms with van der Waals surface area (Å²) in [4.78, 5) is 11.1. The second-order valence-corrected chi connectivity index (χ2v) is 7.09. The number of rotatable bonds is 7. The maximum absolute atomic E-state index is 5.21. The summed E-state index contributed by atoms with van der Waals surface area (Å²) in [5.41, 5.74) is 3.23. The predicted octanol–water partition coefficient (Wildman–Crippen LogP) is 3.60. The van der Waals surface area contributed by atoms with Gasteiger partial charge in [0.25, 0.3) is 0 Å². The number of aryl methyl sites for hydroxylation is 2. The standard InChI is InChI=1S/C16H24N4OS/c1-6-11(2)22-16-17-7-14(8-18-16)9-20(5)10-15-12(3)19-21-13(15)4/h7-8,11H,6,9-10H2,1-5H3/t11-/m0/s1. The van der Waals surface area contributed by atoms with Crippen molar-refractivity contribution < 1.29 is 4.52 Å². The zero-order valence-electron chi connectivity index (χ0n) is 14.0. The molecule has 2 heterocycles. The molecule has 0 amide bonds. The third-order valence-corrected chi connectivity index (χ3v) is 4.78. The molecule has 0 N–H and O–H groups in total. The fraction of sp³-hybridized carbons (Fsp3) is 0.562. The van der Waals surface area contributed by atoms with Crippen molar-refractivity contribution in [2.45, 2.75) is 57.6 Å². The molecule has 0 aromatic carbocycles. The molecule has 0 radical (unpaired) electrons. The van der Waals surface area contributed by atoms with E-state index < -0.39 is 0 Å². The van der Waals surface area contributed by atoms with E-state index in [-0.39, 0.29) is 0 Å². The lowest BCUT2D eigenvalue weighted by atomic mass is 10.2. The number of thioether (sulfide) groups is 1. The van der Waals surface area contributed by atoms with Crippen molar-refractivity contribution in [1.82, 2.24) is 20.0 Å². The zero-order chi connectivity index (χ0) is 16.1. The number of nitrogens with zero attached hydrogens (tertiary/aromatic N) is 4. The van der Waals surface area contributed by atoms with Gasteiger partial charge < -0.3 is 4.52 Å². The van der Waals surface area contributed by atoms with E-state index in [0.717, 1.165) is 47.2 Å². The molecule has 0 aliphatic rings. The highest BCUT2D eigenvalue weighted by atomic mass is 32.2. The molecule has 0 fully saturated rings. The molecule has 5 nitrogen and oxygen atoms in total. The SMILES string of the molecule is CC[C@H](C)Sc1ncc(CN(C)Cc2c(C)noc2C)cn1. The van der Waals surface area contributed by atoms with Crippen molar-refractivity contribution in [3.05, 3.63) is 35.0 Å². The van der Waals surface area contributed by atoms with E-state index in [4.69, 9.17) is 4.52 Å². The summed E-state index contributed by atoms with van der Waals surface area (Å²) < 4.78 is 5.21. The summed E-state index contributed by atoms with van der Waals surface area (Å²) in [6, 6.07) is 0. The summed E-state index contributed by atoms with van der Waals surface area (Å²) in [6.45, 7) is 9.91. The fourth-order valence-corrected chi connectivity index (χ4v) is 2.87. The average Bonchev–Trinajstić information content (AvgIpc) is 2.81. The van der Waals surface area contributed by atoms with Crippen molar-refractivity contribution in [2.75, 3.05) is 7.05 Å². The summed E-state index contributed by atoms with van der Waals surface area (Å²) in [6.07, 6.45) is 4.96. The van der Waals surface area contributed by atoms with Crippen LogP contribution in [0.15, 0.2) is 22.1 Å². The average molecular weight is 320 g/mol. The molecule has 0 bridgehead atoms. The van der Waals surface area contributed by atoms with Crippen molar-refractivity contribution in [2.24, 2.45) is 0 Å². The van der Waals surface area contributed by atoms with Crippen LogP contribution < -0.4 is 0 Å². The van der Waals surface area contributed by atoms with Gasteiger partial charge in [-0.15, -0.1) is 0 Å². The minimum absolute atomic E-state index is 0.549. The first-order valence-corrected chi connectivity index (χ1v) is 8.45. The first-order chi connectivity index (χ1) is 10.5. The van der Waals surface area contributed by atoms with Gasteiger partial charge in [0, 0.05) is 41.9 Å². The van der Waals surface area contributed by atoms with Gasteiger partial charge in [0.1, 0.15) is 5.76 Å². The van der Waals surface area contributed by atoms with E-state index in [1.165, 1.54) is 0 Å². The zero-order valence-corrected chi connectivity index (χ0v) is 14.8. The Hall–Kier alpha value is -1.40. The van der Waals surface area contributed by atoms with Gasteiger partial charge in [0.15, 0.2) is 5.16 Å². The molecule has 0 unspecified atom stereocenters. The van der Waals surface area contributed by atoms with Crippen molar-refractivity contribution in [1.29, 1.82) is 0 Å². The molecule has 2 aromatic heterocycles. The van der Waals surface area contributed by atoms with E-state index in [0.29, 0.717) is 5.25 Å². The number of hydrogen-bond acceptors (Lipinski definition) is 6. The molecule has 1 atom stereocenters. The Balaban J connectivity index is 1.93. The van der Waals surface area contributed by atoms with Crippen LogP contribution >= 0.6 is 11.8 Å². The van der Waals surface area contributed by atoms with Gasteiger partial charge in [-0.3, -0.25) is 4.90 Å². The smallest absolute Gasteiger partial charge is 0.187 e. The van der Waals surface area contributed by atoms with E-state index in [9.17, 15) is 0 Å². The monoisotopic (exact) mass is 320 g/mol. The van der Waals surface area contributed by atoms with Crippen LogP contribution in [-0.4, -0.2) is 32.3 Å². The molecule has 6 heteroatoms. The van der Waals surface area contributed by atoms with Crippen LogP contribution in [0.3, 0.4) is 0 Å². The van der Waals surface area contributed by atoms with Gasteiger partial charge >= 0.3 is 0 Å². The third-order valence-electron chi connectivity index (χ3n) is 3.62. The first-order valence-electron chi connectivity index (χ1n) is 7.57. The van der Waals surface area contributed by atoms with Crippen molar-refractivity contribution in [3.63, 3.8) is 0 Å². The molecular weight excluding hydrogens is 296 g/mol. The Morgan fingerprint density at radius 3 is 2.45 bits per heavy atom. The van der Waals surface area contributed by atoms with Crippen LogP contribution in [0.2, 0.25) is 0 Å². The lowest BCUT2D eigenvalue weighted by Crippen LogP contribution is -2.18. The second kappa shape index (κ2) is 7.74. The maximum atomic E-state index is 5.21. The van der Waals surface area contributed by atoms with Gasteiger partial charge in [-0.2, -0.15) is 0 Å². The molecule has 120 valence electrons. The Labute approximate surface area is 136 Å². The Morgan fingerprint density at radius 2 is 1.91 bits per heavy atom. The largest absolute Gasteiger partial charge is 0.361 e. The van der Waals surface area contributed by atoms with Gasteiger partial charge in [-0.05, 0) is 27.3 Å². The molecule has 0 saturated carbocycles. The van der Waals surface area contributed by atoms with E-state index in [1.807, 2.05) is 26.2 Å². The summed E-state index contributed by atoms with van der Waals surface area (Å²) in [7, 11) is 2.08. The highest BCUT2D eigenvalue weighted by Crippen LogP contribution is 2.21. The van der Waals surface area contributed by atoms with Gasteiger partial charge in [-0.25, -0.2) is 9.97 Å². The maximum Gasteiger partial charge on any atom is 0.187 e. The third kappa shape index (κ3) is 4.55. The molecule has 0 aliphatic carbocycles. The Kier molecular flexibility index (Phi) is 5.97. The van der Waals surface area contributed by atoms with E-state index in [2.05, 4.69) is 40.9 Å². The molecule has 22 heavy (non-hydrogen) atoms. The van der Waals surface area contributed by atoms with Crippen LogP contribution in [0.4, 0.5) is 0 Å². The van der Waals surface area contributed by atoms with Crippen LogP contribution in [0.1, 0.15) is 42.8 Å². The number of aromatic nitrogens is 3. The van der Waals surface area contributed by atoms with Gasteiger partial charge in [0.05, 0.1) is 5.69 Å². The molecule has 0 aliphatic heterocycles. The summed E-state index contributed by atoms with van der Waals surface area (Å²) in [5.74, 6) is 0.890. The minimum atomic E-state index is 0.549. The van der Waals surface area contributed by atoms with E-state index in [1.54, 1.807) is 11.8 Å². The molecule has 0 saturated heterocycles. The molecular formula is C16H24N4OS. The van der Waals surface area contributed by atoms with Crippen LogP contribution in [0, 0.1) is 13.8 Å². The summed E-state index contributed by atoms with van der Waals surface area (Å²) in [5, 5.41) is 5.40. The first kappa shape index (κ1) is 17.0. The minimum Gasteiger partial charge on any atom is -0.361 e. The highest BCUT2D eigenvalue weighted by Gasteiger charge is 2.12. The second-order valence-electron chi connectivity index (χ2n) is 5.69. The van der Waals surface area contributed by atoms with Gasteiger partial charge in [-0.1, -0.05) is 30.8 Å². The van der Waals surface area contributed by atoms with Crippen molar-refractivity contribution >= 4 is 11.8 Å². The van der Waals surface area contributed by atoms with Crippen LogP contribution in [0.25, 0.3) is 0 Å². The lowest BCUT2D eigenvalue weighted by molar-refractivity contribution is 0.314. The van der Waals surface area contributed by atoms with Gasteiger partial charge in [0.2, 0.25) is 0 Å². The topological polar surface area (TPSA) is 55.1 Å². The fourth-order valence-electron chi connectivity index (χ4n) is 2.11. The Bertz CT molecular complexity index is 577. The molecule has 2 rings (SSSR count). The predicted molar refractivity (Wildman–Crippen MR) is 88.8 cm³/mol. The van der Waals surface area contributed by atoms with Crippen LogP contribution in [-0.2, 0) is 13.1 Å².